The molecule has 0 aliphatic carbocycles. The minimum Gasteiger partial charge on any atom is -0.346 e. The van der Waals surface area contributed by atoms with Crippen LogP contribution in [0, 0.1) is 5.92 Å². The third-order valence-electron chi connectivity index (χ3n) is 3.34. The summed E-state index contributed by atoms with van der Waals surface area (Å²) in [6.07, 6.45) is 1.88. The van der Waals surface area contributed by atoms with Crippen LogP contribution in [0.4, 0.5) is 5.95 Å². The number of nitrogens with two attached hydrogens (primary N) is 1. The summed E-state index contributed by atoms with van der Waals surface area (Å²) in [4.78, 5) is 4.41. The Morgan fingerprint density at radius 2 is 2.24 bits per heavy atom. The molecule has 2 aromatic heterocycles. The van der Waals surface area contributed by atoms with Gasteiger partial charge in [0.15, 0.2) is 5.65 Å². The second kappa shape index (κ2) is 4.33. The van der Waals surface area contributed by atoms with E-state index < -0.39 is 0 Å². The van der Waals surface area contributed by atoms with Crippen molar-refractivity contribution in [2.24, 2.45) is 11.7 Å². The van der Waals surface area contributed by atoms with Crippen LogP contribution >= 0.6 is 0 Å². The van der Waals surface area contributed by atoms with Crippen LogP contribution in [0.2, 0.25) is 0 Å². The molecule has 3 N–H and O–H groups in total. The Labute approximate surface area is 101 Å². The van der Waals surface area contributed by atoms with Crippen LogP contribution in [0.5, 0.6) is 0 Å². The van der Waals surface area contributed by atoms with Crippen molar-refractivity contribution in [3.8, 4) is 0 Å². The number of hydrogen-bond donors (Lipinski definition) is 2. The maximum atomic E-state index is 5.83. The van der Waals surface area contributed by atoms with Crippen LogP contribution in [0.1, 0.15) is 20.8 Å². The molecule has 1 unspecified atom stereocenters. The number of pyridine rings is 1. The molecule has 17 heavy (non-hydrogen) atoms. The molecule has 2 heterocycles. The van der Waals surface area contributed by atoms with E-state index in [1.807, 2.05) is 24.4 Å². The molecule has 0 aromatic carbocycles. The molecule has 2 rings (SSSR count). The average Bonchev–Trinajstić information content (AvgIpc) is 2.70. The molecule has 0 saturated heterocycles. The van der Waals surface area contributed by atoms with E-state index in [1.165, 1.54) is 0 Å². The summed E-state index contributed by atoms with van der Waals surface area (Å²) in [6, 6.07) is 5.79. The Bertz CT molecular complexity index is 471. The Morgan fingerprint density at radius 3 is 2.82 bits per heavy atom. The van der Waals surface area contributed by atoms with Crippen molar-refractivity contribution in [2.75, 3.05) is 11.9 Å². The predicted molar refractivity (Wildman–Crippen MR) is 68.9 cm³/mol. The fourth-order valence-corrected chi connectivity index (χ4v) is 1.57. The third-order valence-corrected chi connectivity index (χ3v) is 3.34. The van der Waals surface area contributed by atoms with Gasteiger partial charge < -0.3 is 11.1 Å². The van der Waals surface area contributed by atoms with Crippen molar-refractivity contribution in [1.29, 1.82) is 0 Å². The van der Waals surface area contributed by atoms with E-state index in [1.54, 1.807) is 4.52 Å². The van der Waals surface area contributed by atoms with Crippen LogP contribution in [0.3, 0.4) is 0 Å². The molecule has 5 nitrogen and oxygen atoms in total. The van der Waals surface area contributed by atoms with E-state index in [2.05, 4.69) is 36.2 Å². The van der Waals surface area contributed by atoms with Gasteiger partial charge in [-0.3, -0.25) is 0 Å². The Kier molecular flexibility index (Phi) is 3.02. The van der Waals surface area contributed by atoms with E-state index in [0.29, 0.717) is 18.4 Å². The molecule has 1 atom stereocenters. The first-order chi connectivity index (χ1) is 8.05. The highest BCUT2D eigenvalue weighted by Gasteiger charge is 2.27. The summed E-state index contributed by atoms with van der Waals surface area (Å²) >= 11 is 0. The summed E-state index contributed by atoms with van der Waals surface area (Å²) in [7, 11) is 0. The van der Waals surface area contributed by atoms with Crippen molar-refractivity contribution >= 4 is 11.6 Å². The first-order valence-electron chi connectivity index (χ1n) is 5.85. The van der Waals surface area contributed by atoms with Gasteiger partial charge in [0.25, 0.3) is 0 Å². The minimum absolute atomic E-state index is 0.190. The molecule has 0 spiro atoms. The molecule has 0 radical (unpaired) electrons. The van der Waals surface area contributed by atoms with Crippen LogP contribution in [-0.2, 0) is 0 Å². The van der Waals surface area contributed by atoms with Gasteiger partial charge in [0, 0.05) is 12.7 Å². The van der Waals surface area contributed by atoms with Crippen molar-refractivity contribution in [3.05, 3.63) is 24.4 Å². The normalized spacial score (nSPS) is 15.1. The van der Waals surface area contributed by atoms with Crippen molar-refractivity contribution < 1.29 is 0 Å². The fourth-order valence-electron chi connectivity index (χ4n) is 1.57. The lowest BCUT2D eigenvalue weighted by Crippen LogP contribution is -2.47. The molecule has 0 saturated carbocycles. The monoisotopic (exact) mass is 233 g/mol. The maximum absolute atomic E-state index is 5.83. The van der Waals surface area contributed by atoms with E-state index in [9.17, 15) is 0 Å². The summed E-state index contributed by atoms with van der Waals surface area (Å²) in [6.45, 7) is 6.90. The van der Waals surface area contributed by atoms with Gasteiger partial charge >= 0.3 is 0 Å². The van der Waals surface area contributed by atoms with Crippen LogP contribution in [-0.4, -0.2) is 26.7 Å². The number of anilines is 1. The summed E-state index contributed by atoms with van der Waals surface area (Å²) < 4.78 is 1.75. The van der Waals surface area contributed by atoms with Crippen LogP contribution in [0.15, 0.2) is 24.4 Å². The molecular formula is C12H19N5. The standard InChI is InChI=1S/C12H19N5/c1-9(2)12(3,8-13)15-11-14-10-6-4-5-7-17(10)16-11/h4-7,9H,8,13H2,1-3H3,(H,15,16). The number of aromatic nitrogens is 3. The van der Waals surface area contributed by atoms with E-state index in [4.69, 9.17) is 5.73 Å². The highest BCUT2D eigenvalue weighted by atomic mass is 15.4. The van der Waals surface area contributed by atoms with Gasteiger partial charge in [-0.05, 0) is 25.0 Å². The van der Waals surface area contributed by atoms with E-state index in [-0.39, 0.29) is 5.54 Å². The SMILES string of the molecule is CC(C)C(C)(CN)Nc1nc2ccccn2n1. The summed E-state index contributed by atoms with van der Waals surface area (Å²) in [5.41, 5.74) is 6.47. The fraction of sp³-hybridized carbons (Fsp3) is 0.500. The number of rotatable bonds is 4. The number of fused-ring (bicyclic) bond motifs is 1. The Hall–Kier alpha value is -1.62. The van der Waals surface area contributed by atoms with Gasteiger partial charge in [-0.2, -0.15) is 4.98 Å². The van der Waals surface area contributed by atoms with E-state index >= 15 is 0 Å². The summed E-state index contributed by atoms with van der Waals surface area (Å²) in [5, 5.41) is 7.69. The van der Waals surface area contributed by atoms with Crippen molar-refractivity contribution in [1.82, 2.24) is 14.6 Å². The van der Waals surface area contributed by atoms with Gasteiger partial charge in [0.2, 0.25) is 5.95 Å². The Morgan fingerprint density at radius 1 is 1.47 bits per heavy atom. The number of hydrogen-bond acceptors (Lipinski definition) is 4. The predicted octanol–water partition coefficient (Wildman–Crippen LogP) is 1.51. The summed E-state index contributed by atoms with van der Waals surface area (Å²) in [5.74, 6) is 1.02. The molecular weight excluding hydrogens is 214 g/mol. The lowest BCUT2D eigenvalue weighted by molar-refractivity contribution is 0.380. The number of nitrogens with zero attached hydrogens (tertiary/aromatic N) is 3. The van der Waals surface area contributed by atoms with Crippen molar-refractivity contribution in [3.63, 3.8) is 0 Å². The quantitative estimate of drug-likeness (QED) is 0.840. The lowest BCUT2D eigenvalue weighted by Gasteiger charge is -2.32. The zero-order valence-electron chi connectivity index (χ0n) is 10.5. The molecule has 0 fully saturated rings. The first-order valence-corrected chi connectivity index (χ1v) is 5.85. The van der Waals surface area contributed by atoms with Gasteiger partial charge in [-0.15, -0.1) is 5.10 Å². The maximum Gasteiger partial charge on any atom is 0.243 e. The Balaban J connectivity index is 2.29. The molecule has 0 aliphatic heterocycles. The van der Waals surface area contributed by atoms with Gasteiger partial charge in [-0.25, -0.2) is 4.52 Å². The average molecular weight is 233 g/mol. The molecule has 92 valence electrons. The lowest BCUT2D eigenvalue weighted by atomic mass is 9.89. The van der Waals surface area contributed by atoms with Crippen LogP contribution in [0.25, 0.3) is 5.65 Å². The molecule has 0 aliphatic rings. The molecule has 2 aromatic rings. The molecule has 0 bridgehead atoms. The second-order valence-electron chi connectivity index (χ2n) is 4.84. The highest BCUT2D eigenvalue weighted by Crippen LogP contribution is 2.20. The van der Waals surface area contributed by atoms with Gasteiger partial charge in [0.1, 0.15) is 0 Å². The highest BCUT2D eigenvalue weighted by molar-refractivity contribution is 5.44. The minimum atomic E-state index is -0.190. The van der Waals surface area contributed by atoms with Gasteiger partial charge in [-0.1, -0.05) is 19.9 Å². The molecule has 0 amide bonds. The second-order valence-corrected chi connectivity index (χ2v) is 4.84. The van der Waals surface area contributed by atoms with Gasteiger partial charge in [0.05, 0.1) is 5.54 Å². The first kappa shape index (κ1) is 11.9. The zero-order valence-corrected chi connectivity index (χ0v) is 10.5. The van der Waals surface area contributed by atoms with E-state index in [0.717, 1.165) is 5.65 Å². The largest absolute Gasteiger partial charge is 0.346 e. The topological polar surface area (TPSA) is 68.2 Å². The number of nitrogens with one attached hydrogen (secondary N) is 1. The van der Waals surface area contributed by atoms with Crippen molar-refractivity contribution in [2.45, 2.75) is 26.3 Å². The smallest absolute Gasteiger partial charge is 0.243 e. The van der Waals surface area contributed by atoms with Crippen LogP contribution < -0.4 is 11.1 Å². The molecule has 5 heteroatoms. The third kappa shape index (κ3) is 2.24. The zero-order chi connectivity index (χ0) is 12.5.